The summed E-state index contributed by atoms with van der Waals surface area (Å²) in [5.41, 5.74) is 2.62. The lowest BCUT2D eigenvalue weighted by Gasteiger charge is -2.24. The summed E-state index contributed by atoms with van der Waals surface area (Å²) in [5, 5.41) is 0. The van der Waals surface area contributed by atoms with Crippen LogP contribution in [0.15, 0.2) is 35.3 Å². The van der Waals surface area contributed by atoms with Crippen molar-refractivity contribution in [2.75, 3.05) is 40.3 Å². The lowest BCUT2D eigenvalue weighted by molar-refractivity contribution is 0.298. The van der Waals surface area contributed by atoms with Gasteiger partial charge in [-0.05, 0) is 44.7 Å². The Kier molecular flexibility index (Phi) is 4.48. The third kappa shape index (κ3) is 3.16. The summed E-state index contributed by atoms with van der Waals surface area (Å²) in [6.45, 7) is 6.76. The molecule has 0 N–H and O–H groups in total. The molecule has 2 rings (SSSR count). The predicted molar refractivity (Wildman–Crippen MR) is 75.2 cm³/mol. The van der Waals surface area contributed by atoms with E-state index < -0.39 is 0 Å². The van der Waals surface area contributed by atoms with E-state index >= 15 is 0 Å². The number of allylic oxidation sites excluding steroid dienone is 4. The lowest BCUT2D eigenvalue weighted by atomic mass is 10.2. The molecule has 0 amide bonds. The molecule has 100 valence electrons. The summed E-state index contributed by atoms with van der Waals surface area (Å²) in [5.74, 6) is 1.01. The van der Waals surface area contributed by atoms with Crippen LogP contribution in [0.2, 0.25) is 0 Å². The molecule has 1 aliphatic heterocycles. The fourth-order valence-electron chi connectivity index (χ4n) is 2.54. The van der Waals surface area contributed by atoms with Crippen LogP contribution in [-0.2, 0) is 4.74 Å². The van der Waals surface area contributed by atoms with Gasteiger partial charge in [0.25, 0.3) is 0 Å². The Labute approximate surface area is 110 Å². The van der Waals surface area contributed by atoms with Gasteiger partial charge >= 0.3 is 0 Å². The Hall–Kier alpha value is -1.22. The van der Waals surface area contributed by atoms with Gasteiger partial charge in [0, 0.05) is 31.8 Å². The van der Waals surface area contributed by atoms with Crippen molar-refractivity contribution in [1.29, 1.82) is 0 Å². The molecule has 0 aromatic carbocycles. The van der Waals surface area contributed by atoms with E-state index in [0.29, 0.717) is 0 Å². The van der Waals surface area contributed by atoms with E-state index in [1.54, 1.807) is 7.11 Å². The number of likely N-dealkylation sites (N-methyl/N-ethyl adjacent to an activating group) is 1. The van der Waals surface area contributed by atoms with Crippen molar-refractivity contribution >= 4 is 0 Å². The summed E-state index contributed by atoms with van der Waals surface area (Å²) in [6.07, 6.45) is 8.84. The van der Waals surface area contributed by atoms with Crippen LogP contribution < -0.4 is 0 Å². The van der Waals surface area contributed by atoms with Crippen molar-refractivity contribution in [3.8, 4) is 0 Å². The standard InChI is InChI=1S/C15H24N2O/c1-13-5-6-14(7-8-15(13)18-3)17-10-4-9-16(2)11-12-17/h5-6,8H,4,7,9-12H2,1-3H3. The van der Waals surface area contributed by atoms with Crippen LogP contribution in [0.3, 0.4) is 0 Å². The zero-order chi connectivity index (χ0) is 13.0. The molecule has 1 saturated heterocycles. The Balaban J connectivity index is 2.08. The maximum absolute atomic E-state index is 5.39. The molecule has 2 aliphatic rings. The number of ether oxygens (including phenoxy) is 1. The molecule has 1 heterocycles. The van der Waals surface area contributed by atoms with Crippen LogP contribution in [0.4, 0.5) is 0 Å². The van der Waals surface area contributed by atoms with Crippen LogP contribution >= 0.6 is 0 Å². The predicted octanol–water partition coefficient (Wildman–Crippen LogP) is 2.39. The highest BCUT2D eigenvalue weighted by Gasteiger charge is 2.15. The molecule has 0 saturated carbocycles. The van der Waals surface area contributed by atoms with Crippen molar-refractivity contribution in [2.45, 2.75) is 19.8 Å². The van der Waals surface area contributed by atoms with Gasteiger partial charge in [-0.25, -0.2) is 0 Å². The molecule has 0 atom stereocenters. The summed E-state index contributed by atoms with van der Waals surface area (Å²) < 4.78 is 5.39. The Bertz CT molecular complexity index is 382. The first-order valence-corrected chi connectivity index (χ1v) is 6.76. The number of rotatable bonds is 2. The van der Waals surface area contributed by atoms with Crippen molar-refractivity contribution in [1.82, 2.24) is 9.80 Å². The van der Waals surface area contributed by atoms with Crippen molar-refractivity contribution < 1.29 is 4.74 Å². The third-order valence-corrected chi connectivity index (χ3v) is 3.76. The van der Waals surface area contributed by atoms with E-state index in [-0.39, 0.29) is 0 Å². The summed E-state index contributed by atoms with van der Waals surface area (Å²) in [4.78, 5) is 4.93. The first kappa shape index (κ1) is 13.2. The van der Waals surface area contributed by atoms with Crippen molar-refractivity contribution in [3.05, 3.63) is 35.3 Å². The molecule has 0 aromatic heterocycles. The van der Waals surface area contributed by atoms with Gasteiger partial charge in [-0.3, -0.25) is 0 Å². The zero-order valence-corrected chi connectivity index (χ0v) is 11.8. The second-order valence-electron chi connectivity index (χ2n) is 5.13. The Morgan fingerprint density at radius 1 is 1.11 bits per heavy atom. The molecule has 0 unspecified atom stereocenters. The second-order valence-corrected chi connectivity index (χ2v) is 5.13. The zero-order valence-electron chi connectivity index (χ0n) is 11.8. The van der Waals surface area contributed by atoms with Crippen molar-refractivity contribution in [3.63, 3.8) is 0 Å². The van der Waals surface area contributed by atoms with Crippen molar-refractivity contribution in [2.24, 2.45) is 0 Å². The first-order valence-electron chi connectivity index (χ1n) is 6.76. The number of methoxy groups -OCH3 is 1. The minimum absolute atomic E-state index is 0.973. The smallest absolute Gasteiger partial charge is 0.118 e. The average Bonchev–Trinajstić information content (AvgIpc) is 2.68. The van der Waals surface area contributed by atoms with Gasteiger partial charge in [-0.2, -0.15) is 0 Å². The highest BCUT2D eigenvalue weighted by Crippen LogP contribution is 2.21. The third-order valence-electron chi connectivity index (χ3n) is 3.76. The average molecular weight is 248 g/mol. The summed E-state index contributed by atoms with van der Waals surface area (Å²) in [6, 6.07) is 0. The molecule has 1 aliphatic carbocycles. The van der Waals surface area contributed by atoms with E-state index in [0.717, 1.165) is 25.3 Å². The van der Waals surface area contributed by atoms with E-state index in [4.69, 9.17) is 4.74 Å². The minimum Gasteiger partial charge on any atom is -0.497 e. The quantitative estimate of drug-likeness (QED) is 0.746. The molecular formula is C15H24N2O. The second kappa shape index (κ2) is 6.10. The summed E-state index contributed by atoms with van der Waals surface area (Å²) in [7, 11) is 3.95. The SMILES string of the molecule is COC1=CCC(N2CCCN(C)CC2)=CC=C1C. The first-order chi connectivity index (χ1) is 8.70. The topological polar surface area (TPSA) is 15.7 Å². The van der Waals surface area contributed by atoms with E-state index in [9.17, 15) is 0 Å². The highest BCUT2D eigenvalue weighted by atomic mass is 16.5. The van der Waals surface area contributed by atoms with Crippen LogP contribution in [0.25, 0.3) is 0 Å². The van der Waals surface area contributed by atoms with Gasteiger partial charge in [-0.15, -0.1) is 0 Å². The number of nitrogens with zero attached hydrogens (tertiary/aromatic N) is 2. The molecule has 3 nitrogen and oxygen atoms in total. The molecule has 0 bridgehead atoms. The largest absolute Gasteiger partial charge is 0.497 e. The molecule has 0 spiro atoms. The molecular weight excluding hydrogens is 224 g/mol. The highest BCUT2D eigenvalue weighted by molar-refractivity contribution is 5.33. The maximum Gasteiger partial charge on any atom is 0.118 e. The monoisotopic (exact) mass is 248 g/mol. The maximum atomic E-state index is 5.39. The molecule has 18 heavy (non-hydrogen) atoms. The molecule has 1 fully saturated rings. The minimum atomic E-state index is 0.973. The van der Waals surface area contributed by atoms with Gasteiger partial charge in [0.15, 0.2) is 0 Å². The van der Waals surface area contributed by atoms with Crippen LogP contribution in [0, 0.1) is 0 Å². The van der Waals surface area contributed by atoms with Crippen LogP contribution in [0.5, 0.6) is 0 Å². The fourth-order valence-corrected chi connectivity index (χ4v) is 2.54. The summed E-state index contributed by atoms with van der Waals surface area (Å²) >= 11 is 0. The van der Waals surface area contributed by atoms with Crippen LogP contribution in [0.1, 0.15) is 19.8 Å². The van der Waals surface area contributed by atoms with E-state index in [2.05, 4.69) is 42.0 Å². The number of hydrogen-bond acceptors (Lipinski definition) is 3. The normalized spacial score (nSPS) is 22.6. The molecule has 0 aromatic rings. The van der Waals surface area contributed by atoms with Gasteiger partial charge in [0.2, 0.25) is 0 Å². The van der Waals surface area contributed by atoms with E-state index in [1.165, 1.54) is 30.8 Å². The van der Waals surface area contributed by atoms with Gasteiger partial charge < -0.3 is 14.5 Å². The van der Waals surface area contributed by atoms with Gasteiger partial charge in [-0.1, -0.05) is 6.08 Å². The Morgan fingerprint density at radius 2 is 1.94 bits per heavy atom. The fraction of sp³-hybridized carbons (Fsp3) is 0.600. The molecule has 3 heteroatoms. The molecule has 0 radical (unpaired) electrons. The number of hydrogen-bond donors (Lipinski definition) is 0. The van der Waals surface area contributed by atoms with Gasteiger partial charge in [0.05, 0.1) is 7.11 Å². The van der Waals surface area contributed by atoms with E-state index in [1.807, 2.05) is 0 Å². The Morgan fingerprint density at radius 3 is 2.72 bits per heavy atom. The lowest BCUT2D eigenvalue weighted by Crippen LogP contribution is -2.28. The van der Waals surface area contributed by atoms with Gasteiger partial charge in [0.1, 0.15) is 5.76 Å². The van der Waals surface area contributed by atoms with Crippen LogP contribution in [-0.4, -0.2) is 50.1 Å².